The highest BCUT2D eigenvalue weighted by atomic mass is 79.9. The van der Waals surface area contributed by atoms with E-state index in [0.717, 1.165) is 33.5 Å². The molecule has 0 radical (unpaired) electrons. The number of carbonyl (C=O) groups excluding carboxylic acids is 1. The van der Waals surface area contributed by atoms with Gasteiger partial charge in [-0.3, -0.25) is 14.8 Å². The predicted molar refractivity (Wildman–Crippen MR) is 108 cm³/mol. The second kappa shape index (κ2) is 7.61. The van der Waals surface area contributed by atoms with Gasteiger partial charge < -0.3 is 4.84 Å². The third-order valence-electron chi connectivity index (χ3n) is 4.11. The van der Waals surface area contributed by atoms with Crippen LogP contribution in [0.2, 0.25) is 0 Å². The third kappa shape index (κ3) is 3.93. The van der Waals surface area contributed by atoms with Crippen molar-refractivity contribution in [2.75, 3.05) is 5.32 Å². The number of thiazole rings is 1. The molecule has 1 N–H and O–H groups in total. The van der Waals surface area contributed by atoms with Crippen LogP contribution in [0, 0.1) is 0 Å². The van der Waals surface area contributed by atoms with Crippen LogP contribution in [0.4, 0.5) is 5.13 Å². The Kier molecular flexibility index (Phi) is 5.04. The van der Waals surface area contributed by atoms with E-state index < -0.39 is 6.10 Å². The topological polar surface area (TPSA) is 81.4 Å². The van der Waals surface area contributed by atoms with Crippen LogP contribution in [0.1, 0.15) is 18.9 Å². The summed E-state index contributed by atoms with van der Waals surface area (Å²) in [6.07, 6.45) is 3.46. The van der Waals surface area contributed by atoms with E-state index in [2.05, 4.69) is 36.5 Å². The Morgan fingerprint density at radius 2 is 2.33 bits per heavy atom. The van der Waals surface area contributed by atoms with Gasteiger partial charge in [0.25, 0.3) is 5.91 Å². The minimum Gasteiger partial charge on any atom is -0.382 e. The molecule has 0 bridgehead atoms. The number of aromatic nitrogens is 3. The first-order valence-corrected chi connectivity index (χ1v) is 10.1. The number of hydrogen-bond donors (Lipinski definition) is 1. The number of carbonyl (C=O) groups is 1. The maximum atomic E-state index is 12.5. The van der Waals surface area contributed by atoms with Gasteiger partial charge in [0, 0.05) is 40.1 Å². The summed E-state index contributed by atoms with van der Waals surface area (Å²) in [5.74, 6) is -0.256. The summed E-state index contributed by atoms with van der Waals surface area (Å²) in [5.41, 5.74) is 3.40. The minimum absolute atomic E-state index is 0.256. The number of oxime groups is 1. The van der Waals surface area contributed by atoms with Crippen molar-refractivity contribution in [2.45, 2.75) is 26.0 Å². The number of halogens is 1. The van der Waals surface area contributed by atoms with E-state index in [0.29, 0.717) is 11.6 Å². The van der Waals surface area contributed by atoms with Crippen LogP contribution in [0.25, 0.3) is 11.3 Å². The predicted octanol–water partition coefficient (Wildman–Crippen LogP) is 3.92. The number of rotatable bonds is 5. The van der Waals surface area contributed by atoms with Crippen molar-refractivity contribution in [1.82, 2.24) is 14.8 Å². The molecule has 0 fully saturated rings. The third-order valence-corrected chi connectivity index (χ3v) is 5.36. The molecule has 3 heterocycles. The molecule has 0 saturated carbocycles. The maximum absolute atomic E-state index is 12.5. The zero-order valence-electron chi connectivity index (χ0n) is 14.4. The van der Waals surface area contributed by atoms with Gasteiger partial charge in [-0.05, 0) is 19.1 Å². The molecule has 27 heavy (non-hydrogen) atoms. The second-order valence-electron chi connectivity index (χ2n) is 5.96. The van der Waals surface area contributed by atoms with Crippen LogP contribution in [0.3, 0.4) is 0 Å². The van der Waals surface area contributed by atoms with Crippen LogP contribution in [0.5, 0.6) is 0 Å². The Hall–Kier alpha value is -2.52. The van der Waals surface area contributed by atoms with E-state index in [1.165, 1.54) is 11.3 Å². The Morgan fingerprint density at radius 1 is 1.44 bits per heavy atom. The van der Waals surface area contributed by atoms with Crippen molar-refractivity contribution in [3.8, 4) is 11.3 Å². The molecule has 3 aromatic rings. The van der Waals surface area contributed by atoms with Crippen LogP contribution in [-0.4, -0.2) is 32.5 Å². The molecule has 0 spiro atoms. The number of anilines is 1. The Morgan fingerprint density at radius 3 is 3.11 bits per heavy atom. The molecule has 1 atom stereocenters. The largest absolute Gasteiger partial charge is 0.382 e. The number of aryl methyl sites for hydroxylation is 1. The summed E-state index contributed by atoms with van der Waals surface area (Å²) in [4.78, 5) is 22.3. The Labute approximate surface area is 168 Å². The maximum Gasteiger partial charge on any atom is 0.270 e. The van der Waals surface area contributed by atoms with Crippen molar-refractivity contribution >= 4 is 44.0 Å². The van der Waals surface area contributed by atoms with E-state index in [4.69, 9.17) is 4.84 Å². The van der Waals surface area contributed by atoms with E-state index >= 15 is 0 Å². The molecule has 7 nitrogen and oxygen atoms in total. The molecule has 1 amide bonds. The lowest BCUT2D eigenvalue weighted by atomic mass is 10.1. The van der Waals surface area contributed by atoms with E-state index in [1.54, 1.807) is 6.20 Å². The zero-order chi connectivity index (χ0) is 18.8. The number of nitrogens with one attached hydrogen (secondary N) is 1. The van der Waals surface area contributed by atoms with Gasteiger partial charge in [0.05, 0.1) is 17.6 Å². The van der Waals surface area contributed by atoms with Gasteiger partial charge in [-0.2, -0.15) is 5.10 Å². The minimum atomic E-state index is -0.658. The number of amides is 1. The molecule has 138 valence electrons. The Bertz CT molecular complexity index is 1010. The summed E-state index contributed by atoms with van der Waals surface area (Å²) in [5, 5.41) is 13.5. The quantitative estimate of drug-likeness (QED) is 0.644. The van der Waals surface area contributed by atoms with Gasteiger partial charge in [0.2, 0.25) is 6.10 Å². The highest BCUT2D eigenvalue weighted by Gasteiger charge is 2.29. The molecule has 1 aromatic carbocycles. The summed E-state index contributed by atoms with van der Waals surface area (Å²) in [6, 6.07) is 7.75. The molecule has 0 saturated heterocycles. The SMILES string of the molecule is CCn1cc(-c2csc(NC(=O)C3CC(c4cccc(Br)c4)=NO3)n2)cn1. The molecule has 1 aliphatic rings. The van der Waals surface area contributed by atoms with Gasteiger partial charge in [-0.15, -0.1) is 11.3 Å². The lowest BCUT2D eigenvalue weighted by molar-refractivity contribution is -0.125. The normalized spacial score (nSPS) is 16.1. The summed E-state index contributed by atoms with van der Waals surface area (Å²) in [7, 11) is 0. The fourth-order valence-electron chi connectivity index (χ4n) is 2.67. The first-order valence-electron chi connectivity index (χ1n) is 8.40. The highest BCUT2D eigenvalue weighted by molar-refractivity contribution is 9.10. The van der Waals surface area contributed by atoms with Gasteiger partial charge >= 0.3 is 0 Å². The standard InChI is InChI=1S/C18H16BrN5O2S/c1-2-24-9-12(8-20-24)15-10-27-18(21-15)22-17(25)16-7-14(23-26-16)11-4-3-5-13(19)6-11/h3-6,8-10,16H,2,7H2,1H3,(H,21,22,25). The number of nitrogens with zero attached hydrogens (tertiary/aromatic N) is 4. The fourth-order valence-corrected chi connectivity index (χ4v) is 3.80. The van der Waals surface area contributed by atoms with Gasteiger partial charge in [-0.25, -0.2) is 4.98 Å². The Balaban J connectivity index is 1.39. The van der Waals surface area contributed by atoms with Gasteiger partial charge in [-0.1, -0.05) is 33.2 Å². The molecule has 9 heteroatoms. The molecule has 0 aliphatic carbocycles. The van der Waals surface area contributed by atoms with Crippen LogP contribution in [-0.2, 0) is 16.2 Å². The monoisotopic (exact) mass is 445 g/mol. The first-order chi connectivity index (χ1) is 13.1. The molecule has 1 unspecified atom stereocenters. The van der Waals surface area contributed by atoms with Crippen LogP contribution in [0.15, 0.2) is 51.7 Å². The summed E-state index contributed by atoms with van der Waals surface area (Å²) >= 11 is 4.81. The molecular weight excluding hydrogens is 430 g/mol. The first kappa shape index (κ1) is 17.9. The van der Waals surface area contributed by atoms with Crippen molar-refractivity contribution in [1.29, 1.82) is 0 Å². The molecule has 4 rings (SSSR count). The summed E-state index contributed by atoms with van der Waals surface area (Å²) < 4.78 is 2.79. The van der Waals surface area contributed by atoms with Crippen molar-refractivity contribution in [3.63, 3.8) is 0 Å². The zero-order valence-corrected chi connectivity index (χ0v) is 16.8. The smallest absolute Gasteiger partial charge is 0.270 e. The van der Waals surface area contributed by atoms with Crippen molar-refractivity contribution in [2.24, 2.45) is 5.16 Å². The molecule has 2 aromatic heterocycles. The fraction of sp³-hybridized carbons (Fsp3) is 0.222. The van der Waals surface area contributed by atoms with Crippen LogP contribution < -0.4 is 5.32 Å². The van der Waals surface area contributed by atoms with E-state index in [9.17, 15) is 4.79 Å². The number of benzene rings is 1. The lowest BCUT2D eigenvalue weighted by Crippen LogP contribution is -2.28. The van der Waals surface area contributed by atoms with Crippen LogP contribution >= 0.6 is 27.3 Å². The highest BCUT2D eigenvalue weighted by Crippen LogP contribution is 2.26. The lowest BCUT2D eigenvalue weighted by Gasteiger charge is -2.07. The van der Waals surface area contributed by atoms with Gasteiger partial charge in [0.1, 0.15) is 0 Å². The summed E-state index contributed by atoms with van der Waals surface area (Å²) in [6.45, 7) is 2.82. The number of hydrogen-bond acceptors (Lipinski definition) is 6. The second-order valence-corrected chi connectivity index (χ2v) is 7.73. The van der Waals surface area contributed by atoms with E-state index in [1.807, 2.05) is 47.4 Å². The average Bonchev–Trinajstić information content (AvgIpc) is 3.41. The van der Waals surface area contributed by atoms with E-state index in [-0.39, 0.29) is 5.91 Å². The van der Waals surface area contributed by atoms with Gasteiger partial charge in [0.15, 0.2) is 5.13 Å². The van der Waals surface area contributed by atoms with Crippen molar-refractivity contribution in [3.05, 3.63) is 52.1 Å². The van der Waals surface area contributed by atoms with Crippen molar-refractivity contribution < 1.29 is 9.63 Å². The average molecular weight is 446 g/mol. The molecule has 1 aliphatic heterocycles. The molecular formula is C18H16BrN5O2S.